The zero-order valence-corrected chi connectivity index (χ0v) is 12.2. The Balaban J connectivity index is 2.43. The topological polar surface area (TPSA) is 75.4 Å². The van der Waals surface area contributed by atoms with Gasteiger partial charge in [0, 0.05) is 19.6 Å². The highest BCUT2D eigenvalue weighted by Crippen LogP contribution is 2.26. The van der Waals surface area contributed by atoms with Gasteiger partial charge in [-0.3, -0.25) is 9.59 Å². The Labute approximate surface area is 118 Å². The van der Waals surface area contributed by atoms with E-state index in [1.807, 2.05) is 0 Å². The summed E-state index contributed by atoms with van der Waals surface area (Å²) in [5.74, 6) is -0.285. The highest BCUT2D eigenvalue weighted by Gasteiger charge is 2.31. The third-order valence-corrected chi connectivity index (χ3v) is 4.06. The fourth-order valence-corrected chi connectivity index (χ4v) is 2.50. The first-order valence-electron chi connectivity index (χ1n) is 6.93. The first-order valence-corrected chi connectivity index (χ1v) is 6.93. The molecule has 6 heteroatoms. The molecule has 1 aliphatic rings. The molecule has 2 rings (SSSR count). The Morgan fingerprint density at radius 2 is 2.10 bits per heavy atom. The molecule has 1 aliphatic carbocycles. The molecule has 0 spiro atoms. The Morgan fingerprint density at radius 3 is 2.60 bits per heavy atom. The van der Waals surface area contributed by atoms with Gasteiger partial charge in [-0.2, -0.15) is 5.10 Å². The van der Waals surface area contributed by atoms with E-state index in [9.17, 15) is 9.59 Å². The van der Waals surface area contributed by atoms with Crippen LogP contribution in [0.4, 0.5) is 0 Å². The molecule has 1 fully saturated rings. The number of amides is 1. The Bertz CT molecular complexity index is 576. The number of nitrogens with zero attached hydrogens (tertiary/aromatic N) is 3. The maximum Gasteiger partial charge on any atom is 0.279 e. The molecule has 0 aliphatic heterocycles. The third kappa shape index (κ3) is 2.47. The monoisotopic (exact) mass is 279 g/mol. The summed E-state index contributed by atoms with van der Waals surface area (Å²) < 4.78 is 1.20. The van der Waals surface area contributed by atoms with Gasteiger partial charge >= 0.3 is 0 Å². The van der Waals surface area contributed by atoms with Crippen molar-refractivity contribution in [3.8, 4) is 0 Å². The molecule has 6 nitrogen and oxygen atoms in total. The van der Waals surface area contributed by atoms with Crippen LogP contribution in [-0.4, -0.2) is 44.9 Å². The molecule has 110 valence electrons. The van der Waals surface area contributed by atoms with Gasteiger partial charge in [-0.15, -0.1) is 0 Å². The number of hydrogen-bond acceptors (Lipinski definition) is 4. The number of aromatic nitrogens is 2. The molecule has 1 aromatic heterocycles. The smallest absolute Gasteiger partial charge is 0.279 e. The van der Waals surface area contributed by atoms with E-state index in [1.165, 1.54) is 4.68 Å². The van der Waals surface area contributed by atoms with Crippen molar-refractivity contribution < 1.29 is 9.90 Å². The number of hydrogen-bond donors (Lipinski definition) is 1. The zero-order chi connectivity index (χ0) is 14.9. The SMILES string of the molecule is Cc1nn(C)c(=O)c(C(=O)N(CCO)C2CCC2)c1C. The molecule has 1 heterocycles. The van der Waals surface area contributed by atoms with Crippen molar-refractivity contribution in [1.29, 1.82) is 0 Å². The predicted molar refractivity (Wildman–Crippen MR) is 74.7 cm³/mol. The van der Waals surface area contributed by atoms with E-state index in [0.717, 1.165) is 19.3 Å². The molecule has 0 saturated heterocycles. The predicted octanol–water partition coefficient (Wildman–Crippen LogP) is 0.384. The molecule has 0 atom stereocenters. The first kappa shape index (κ1) is 14.7. The fraction of sp³-hybridized carbons (Fsp3) is 0.643. The van der Waals surface area contributed by atoms with E-state index < -0.39 is 0 Å². The van der Waals surface area contributed by atoms with Crippen molar-refractivity contribution in [1.82, 2.24) is 14.7 Å². The molecule has 1 N–H and O–H groups in total. The lowest BCUT2D eigenvalue weighted by Crippen LogP contribution is -2.48. The van der Waals surface area contributed by atoms with Gasteiger partial charge in [-0.25, -0.2) is 4.68 Å². The molecule has 20 heavy (non-hydrogen) atoms. The summed E-state index contributed by atoms with van der Waals surface area (Å²) >= 11 is 0. The summed E-state index contributed by atoms with van der Waals surface area (Å²) in [5.41, 5.74) is 1.11. The second-order valence-corrected chi connectivity index (χ2v) is 5.32. The molecule has 0 bridgehead atoms. The van der Waals surface area contributed by atoms with Crippen molar-refractivity contribution in [2.45, 2.75) is 39.2 Å². The highest BCUT2D eigenvalue weighted by atomic mass is 16.3. The van der Waals surface area contributed by atoms with Crippen LogP contribution in [0.25, 0.3) is 0 Å². The lowest BCUT2D eigenvalue weighted by Gasteiger charge is -2.37. The lowest BCUT2D eigenvalue weighted by molar-refractivity contribution is 0.0522. The number of carbonyl (C=O) groups excluding carboxylic acids is 1. The maximum absolute atomic E-state index is 12.7. The van der Waals surface area contributed by atoms with Gasteiger partial charge in [0.15, 0.2) is 0 Å². The van der Waals surface area contributed by atoms with Gasteiger partial charge in [0.05, 0.1) is 12.3 Å². The second-order valence-electron chi connectivity index (χ2n) is 5.32. The van der Waals surface area contributed by atoms with E-state index in [4.69, 9.17) is 5.11 Å². The van der Waals surface area contributed by atoms with Gasteiger partial charge in [-0.05, 0) is 38.7 Å². The molecule has 1 amide bonds. The van der Waals surface area contributed by atoms with E-state index in [-0.39, 0.29) is 36.2 Å². The van der Waals surface area contributed by atoms with Gasteiger partial charge in [0.1, 0.15) is 5.56 Å². The van der Waals surface area contributed by atoms with E-state index >= 15 is 0 Å². The molecular weight excluding hydrogens is 258 g/mol. The van der Waals surface area contributed by atoms with Gasteiger partial charge in [-0.1, -0.05) is 0 Å². The standard InChI is InChI=1S/C14H21N3O3/c1-9-10(2)15-16(3)13(19)12(9)14(20)17(7-8-18)11-5-4-6-11/h11,18H,4-8H2,1-3H3. The van der Waals surface area contributed by atoms with E-state index in [2.05, 4.69) is 5.10 Å². The maximum atomic E-state index is 12.7. The van der Waals surface area contributed by atoms with Crippen LogP contribution >= 0.6 is 0 Å². The van der Waals surface area contributed by atoms with Crippen LogP contribution in [-0.2, 0) is 7.05 Å². The number of rotatable bonds is 4. The average molecular weight is 279 g/mol. The summed E-state index contributed by atoms with van der Waals surface area (Å²) in [6.45, 7) is 3.71. The number of aryl methyl sites for hydroxylation is 2. The van der Waals surface area contributed by atoms with Crippen molar-refractivity contribution >= 4 is 5.91 Å². The van der Waals surface area contributed by atoms with Crippen LogP contribution in [0.2, 0.25) is 0 Å². The quantitative estimate of drug-likeness (QED) is 0.865. The number of aliphatic hydroxyl groups excluding tert-OH is 1. The average Bonchev–Trinajstić information content (AvgIpc) is 2.34. The second kappa shape index (κ2) is 5.75. The van der Waals surface area contributed by atoms with Crippen LogP contribution in [0.15, 0.2) is 4.79 Å². The van der Waals surface area contributed by atoms with Crippen LogP contribution in [0, 0.1) is 13.8 Å². The zero-order valence-electron chi connectivity index (χ0n) is 12.2. The minimum atomic E-state index is -0.375. The third-order valence-electron chi connectivity index (χ3n) is 4.06. The van der Waals surface area contributed by atoms with Crippen LogP contribution in [0.3, 0.4) is 0 Å². The largest absolute Gasteiger partial charge is 0.395 e. The normalized spacial score (nSPS) is 15.0. The Morgan fingerprint density at radius 1 is 1.45 bits per heavy atom. The molecular formula is C14H21N3O3. The molecule has 0 unspecified atom stereocenters. The summed E-state index contributed by atoms with van der Waals surface area (Å²) in [5, 5.41) is 13.2. The molecule has 0 aromatic carbocycles. The minimum absolute atomic E-state index is 0.0916. The molecule has 1 aromatic rings. The van der Waals surface area contributed by atoms with Gasteiger partial charge < -0.3 is 10.0 Å². The summed E-state index contributed by atoms with van der Waals surface area (Å²) in [7, 11) is 1.55. The minimum Gasteiger partial charge on any atom is -0.395 e. The summed E-state index contributed by atoms with van der Waals surface area (Å²) in [6.07, 6.45) is 2.97. The first-order chi connectivity index (χ1) is 9.47. The van der Waals surface area contributed by atoms with E-state index in [1.54, 1.807) is 25.8 Å². The van der Waals surface area contributed by atoms with Crippen LogP contribution < -0.4 is 5.56 Å². The van der Waals surface area contributed by atoms with Gasteiger partial charge in [0.25, 0.3) is 11.5 Å². The van der Waals surface area contributed by atoms with Crippen molar-refractivity contribution in [3.63, 3.8) is 0 Å². The number of aliphatic hydroxyl groups is 1. The van der Waals surface area contributed by atoms with Crippen molar-refractivity contribution in [2.24, 2.45) is 7.05 Å². The van der Waals surface area contributed by atoms with Crippen LogP contribution in [0.1, 0.15) is 40.9 Å². The summed E-state index contributed by atoms with van der Waals surface area (Å²) in [6, 6.07) is 0.146. The Kier molecular flexibility index (Phi) is 4.23. The summed E-state index contributed by atoms with van der Waals surface area (Å²) in [4.78, 5) is 26.5. The van der Waals surface area contributed by atoms with Gasteiger partial charge in [0.2, 0.25) is 0 Å². The molecule has 0 radical (unpaired) electrons. The molecule has 1 saturated carbocycles. The highest BCUT2D eigenvalue weighted by molar-refractivity contribution is 5.95. The Hall–Kier alpha value is -1.69. The fourth-order valence-electron chi connectivity index (χ4n) is 2.50. The lowest BCUT2D eigenvalue weighted by atomic mass is 9.90. The van der Waals surface area contributed by atoms with Crippen LogP contribution in [0.5, 0.6) is 0 Å². The van der Waals surface area contributed by atoms with E-state index in [0.29, 0.717) is 11.3 Å². The number of carbonyl (C=O) groups is 1. The van der Waals surface area contributed by atoms with Crippen molar-refractivity contribution in [3.05, 3.63) is 27.2 Å². The van der Waals surface area contributed by atoms with Crippen molar-refractivity contribution in [2.75, 3.05) is 13.2 Å².